The van der Waals surface area contributed by atoms with Crippen molar-refractivity contribution in [2.45, 2.75) is 75.5 Å². The molecule has 0 saturated carbocycles. The minimum Gasteiger partial charge on any atom is -0.461 e. The molecule has 0 aliphatic carbocycles. The summed E-state index contributed by atoms with van der Waals surface area (Å²) in [4.78, 5) is 34.3. The number of aromatic amines is 1. The van der Waals surface area contributed by atoms with Crippen LogP contribution in [-0.2, 0) is 11.2 Å². The van der Waals surface area contributed by atoms with Crippen LogP contribution in [0.25, 0.3) is 33.1 Å². The van der Waals surface area contributed by atoms with Gasteiger partial charge in [0, 0.05) is 61.2 Å². The molecule has 3 aromatic heterocycles. The molecule has 4 fully saturated rings. The predicted molar refractivity (Wildman–Crippen MR) is 174 cm³/mol. The second kappa shape index (κ2) is 11.2. The fraction of sp³-hybridized carbons (Fsp3) is 0.559. The normalized spacial score (nSPS) is 27.8. The average Bonchev–Trinajstić information content (AvgIpc) is 3.85. The summed E-state index contributed by atoms with van der Waals surface area (Å²) in [6, 6.07) is 1.94. The first kappa shape index (κ1) is 29.5. The minimum absolute atomic E-state index is 0.0612. The SMILES string of the molecule is O=C1CCCCc2c(Cl)cc3[nH]ncc3c2-c2ncc3c(nc(OC[C@@]45CCCN4C[C@H](F)C5)nc3c2F)N2CCC3CCN1[C@H]3C2. The first-order chi connectivity index (χ1) is 22.9. The maximum Gasteiger partial charge on any atom is 0.319 e. The van der Waals surface area contributed by atoms with E-state index in [0.717, 1.165) is 44.3 Å². The highest BCUT2D eigenvalue weighted by molar-refractivity contribution is 6.33. The summed E-state index contributed by atoms with van der Waals surface area (Å²) in [6.45, 7) is 3.55. The average molecular weight is 663 g/mol. The number of amides is 1. The van der Waals surface area contributed by atoms with E-state index in [0.29, 0.717) is 90.3 Å². The van der Waals surface area contributed by atoms with Gasteiger partial charge in [-0.1, -0.05) is 11.6 Å². The number of ether oxygens (including phenoxy) is 1. The molecule has 10 nitrogen and oxygen atoms in total. The maximum absolute atomic E-state index is 17.1. The summed E-state index contributed by atoms with van der Waals surface area (Å²) in [5.74, 6) is 0.570. The first-order valence-corrected chi connectivity index (χ1v) is 17.3. The Hall–Kier alpha value is -3.64. The Morgan fingerprint density at radius 1 is 1.06 bits per heavy atom. The van der Waals surface area contributed by atoms with Crippen molar-refractivity contribution in [2.75, 3.05) is 44.2 Å². The molecule has 0 radical (unpaired) electrons. The molecule has 6 bridgehead atoms. The number of nitrogens with one attached hydrogen (secondary N) is 1. The third-order valence-corrected chi connectivity index (χ3v) is 11.8. The van der Waals surface area contributed by atoms with Crippen molar-refractivity contribution in [1.82, 2.24) is 34.9 Å². The van der Waals surface area contributed by atoms with E-state index in [1.165, 1.54) is 0 Å². The number of fused-ring (bicyclic) bond motifs is 7. The fourth-order valence-corrected chi connectivity index (χ4v) is 9.43. The molecule has 1 N–H and O–H groups in total. The maximum atomic E-state index is 17.1. The zero-order valence-corrected chi connectivity index (χ0v) is 26.9. The van der Waals surface area contributed by atoms with Crippen LogP contribution in [-0.4, -0.2) is 97.9 Å². The number of piperidine rings is 1. The standard InChI is InChI=1S/C34H37ClF2N8O2/c35-24-12-25-22(15-39-42-25)28-21(24)4-1-2-5-27(46)45-11-7-19-6-10-43(17-26(19)45)32-23-14-38-31(28)29(37)30(23)40-33(41-32)47-18-34-8-3-9-44(34)16-20(36)13-34/h12,14-15,19-20,26H,1-11,13,16-18H2,(H,39,42)/t19?,20-,26+,34+/m1/s1. The number of pyridine rings is 1. The van der Waals surface area contributed by atoms with Crippen LogP contribution in [0, 0.1) is 11.7 Å². The largest absolute Gasteiger partial charge is 0.461 e. The number of carbonyl (C=O) groups is 1. The van der Waals surface area contributed by atoms with Crippen molar-refractivity contribution in [1.29, 1.82) is 0 Å². The van der Waals surface area contributed by atoms with Gasteiger partial charge in [0.25, 0.3) is 0 Å². The Balaban J connectivity index is 1.21. The van der Waals surface area contributed by atoms with E-state index in [1.807, 2.05) is 6.07 Å². The summed E-state index contributed by atoms with van der Waals surface area (Å²) in [5, 5.41) is 8.87. The lowest BCUT2D eigenvalue weighted by Gasteiger charge is -2.39. The molecule has 1 aromatic carbocycles. The van der Waals surface area contributed by atoms with Crippen molar-refractivity contribution >= 4 is 45.1 Å². The van der Waals surface area contributed by atoms with Crippen LogP contribution in [0.15, 0.2) is 18.5 Å². The van der Waals surface area contributed by atoms with E-state index in [-0.39, 0.29) is 35.8 Å². The van der Waals surface area contributed by atoms with Gasteiger partial charge in [-0.05, 0) is 69.0 Å². The number of H-pyrrole nitrogens is 1. The van der Waals surface area contributed by atoms with Crippen LogP contribution in [0.3, 0.4) is 0 Å². The quantitative estimate of drug-likeness (QED) is 0.308. The molecular weight excluding hydrogens is 626 g/mol. The molecule has 9 heterocycles. The van der Waals surface area contributed by atoms with Crippen molar-refractivity contribution in [3.8, 4) is 17.3 Å². The monoisotopic (exact) mass is 662 g/mol. The molecule has 47 heavy (non-hydrogen) atoms. The highest BCUT2D eigenvalue weighted by Gasteiger charge is 2.49. The number of aromatic nitrogens is 5. The number of nitrogens with zero attached hydrogens (tertiary/aromatic N) is 7. The Labute approximate surface area is 275 Å². The van der Waals surface area contributed by atoms with Gasteiger partial charge in [-0.15, -0.1) is 0 Å². The highest BCUT2D eigenvalue weighted by atomic mass is 35.5. The Bertz CT molecular complexity index is 1910. The zero-order valence-electron chi connectivity index (χ0n) is 26.2. The topological polar surface area (TPSA) is 103 Å². The van der Waals surface area contributed by atoms with Crippen LogP contribution >= 0.6 is 11.6 Å². The Kier molecular flexibility index (Phi) is 7.04. The van der Waals surface area contributed by atoms with Gasteiger partial charge in [-0.2, -0.15) is 15.1 Å². The van der Waals surface area contributed by atoms with Gasteiger partial charge in [0.1, 0.15) is 29.8 Å². The summed E-state index contributed by atoms with van der Waals surface area (Å²) in [6.07, 6.45) is 8.99. The molecule has 4 atom stereocenters. The molecular formula is C34H37ClF2N8O2. The van der Waals surface area contributed by atoms with Crippen molar-refractivity contribution in [2.24, 2.45) is 5.92 Å². The molecule has 4 aromatic rings. The number of anilines is 1. The van der Waals surface area contributed by atoms with Crippen LogP contribution < -0.4 is 9.64 Å². The van der Waals surface area contributed by atoms with Gasteiger partial charge < -0.3 is 14.5 Å². The summed E-state index contributed by atoms with van der Waals surface area (Å²) in [5.41, 5.74) is 1.86. The fourth-order valence-electron chi connectivity index (χ4n) is 9.13. The number of carbonyl (C=O) groups excluding carboxylic acids is 1. The Morgan fingerprint density at radius 3 is 2.85 bits per heavy atom. The lowest BCUT2D eigenvalue weighted by atomic mass is 9.91. The third kappa shape index (κ3) is 4.76. The van der Waals surface area contributed by atoms with Crippen LogP contribution in [0.4, 0.5) is 14.6 Å². The van der Waals surface area contributed by atoms with Crippen LogP contribution in [0.2, 0.25) is 5.02 Å². The zero-order chi connectivity index (χ0) is 31.9. The van der Waals surface area contributed by atoms with E-state index in [1.54, 1.807) is 12.4 Å². The predicted octanol–water partition coefficient (Wildman–Crippen LogP) is 5.47. The van der Waals surface area contributed by atoms with E-state index in [9.17, 15) is 9.18 Å². The minimum atomic E-state index is -0.894. The van der Waals surface area contributed by atoms with Crippen molar-refractivity contribution in [3.63, 3.8) is 0 Å². The smallest absolute Gasteiger partial charge is 0.319 e. The van der Waals surface area contributed by atoms with E-state index in [2.05, 4.69) is 29.9 Å². The molecule has 10 rings (SSSR count). The van der Waals surface area contributed by atoms with Gasteiger partial charge in [-0.3, -0.25) is 19.8 Å². The molecule has 4 saturated heterocycles. The summed E-state index contributed by atoms with van der Waals surface area (Å²) in [7, 11) is 0. The number of benzene rings is 1. The van der Waals surface area contributed by atoms with Crippen LogP contribution in [0.5, 0.6) is 6.01 Å². The number of halogens is 3. The summed E-state index contributed by atoms with van der Waals surface area (Å²) >= 11 is 6.85. The number of alkyl halides is 1. The Morgan fingerprint density at radius 2 is 1.94 bits per heavy atom. The van der Waals surface area contributed by atoms with Gasteiger partial charge in [0.2, 0.25) is 5.91 Å². The molecule has 6 aliphatic rings. The second-order valence-electron chi connectivity index (χ2n) is 14.1. The summed E-state index contributed by atoms with van der Waals surface area (Å²) < 4.78 is 38.0. The van der Waals surface area contributed by atoms with Crippen LogP contribution in [0.1, 0.15) is 56.9 Å². The lowest BCUT2D eigenvalue weighted by molar-refractivity contribution is -0.132. The molecule has 246 valence electrons. The van der Waals surface area contributed by atoms with Gasteiger partial charge in [0.05, 0.1) is 28.7 Å². The van der Waals surface area contributed by atoms with Gasteiger partial charge >= 0.3 is 6.01 Å². The van der Waals surface area contributed by atoms with E-state index < -0.39 is 17.5 Å². The van der Waals surface area contributed by atoms with Crippen molar-refractivity contribution < 1.29 is 18.3 Å². The second-order valence-corrected chi connectivity index (χ2v) is 14.5. The number of hydrogen-bond donors (Lipinski definition) is 1. The lowest BCUT2D eigenvalue weighted by Crippen LogP contribution is -2.50. The van der Waals surface area contributed by atoms with E-state index >= 15 is 4.39 Å². The molecule has 1 unspecified atom stereocenters. The van der Waals surface area contributed by atoms with Gasteiger partial charge in [0.15, 0.2) is 5.82 Å². The molecule has 6 aliphatic heterocycles. The van der Waals surface area contributed by atoms with Gasteiger partial charge in [-0.25, -0.2) is 8.78 Å². The number of rotatable bonds is 3. The van der Waals surface area contributed by atoms with Crippen molar-refractivity contribution in [3.05, 3.63) is 34.9 Å². The highest BCUT2D eigenvalue weighted by Crippen LogP contribution is 2.43. The number of hydrogen-bond acceptors (Lipinski definition) is 8. The molecule has 13 heteroatoms. The molecule has 0 spiro atoms. The first-order valence-electron chi connectivity index (χ1n) is 17.0. The van der Waals surface area contributed by atoms with E-state index in [4.69, 9.17) is 26.3 Å². The third-order valence-electron chi connectivity index (χ3n) is 11.5. The molecule has 1 amide bonds.